The van der Waals surface area contributed by atoms with Crippen LogP contribution in [0.1, 0.15) is 55.7 Å². The van der Waals surface area contributed by atoms with Gasteiger partial charge in [0.2, 0.25) is 0 Å². The minimum atomic E-state index is 0.435. The van der Waals surface area contributed by atoms with E-state index in [4.69, 9.17) is 0 Å². The van der Waals surface area contributed by atoms with Crippen LogP contribution in [-0.4, -0.2) is 31.6 Å². The minimum Gasteiger partial charge on any atom is -0.312 e. The number of benzene rings is 1. The maximum atomic E-state index is 3.50. The Bertz CT molecular complexity index is 394. The van der Waals surface area contributed by atoms with E-state index >= 15 is 0 Å². The van der Waals surface area contributed by atoms with Crippen LogP contribution in [0, 0.1) is 6.92 Å². The summed E-state index contributed by atoms with van der Waals surface area (Å²) in [5, 5.41) is 3.50. The van der Waals surface area contributed by atoms with E-state index in [1.807, 2.05) is 0 Å². The third kappa shape index (κ3) is 4.07. The third-order valence-corrected chi connectivity index (χ3v) is 4.83. The zero-order valence-electron chi connectivity index (χ0n) is 13.4. The van der Waals surface area contributed by atoms with Gasteiger partial charge >= 0.3 is 0 Å². The van der Waals surface area contributed by atoms with Crippen LogP contribution in [0.2, 0.25) is 0 Å². The second-order valence-corrected chi connectivity index (χ2v) is 6.28. The monoisotopic (exact) mass is 274 g/mol. The molecule has 0 amide bonds. The average molecular weight is 274 g/mol. The number of nitrogens with one attached hydrogen (secondary N) is 1. The Kier molecular flexibility index (Phi) is 6.06. The number of aryl methyl sites for hydroxylation is 1. The maximum absolute atomic E-state index is 3.50. The van der Waals surface area contributed by atoms with Crippen molar-refractivity contribution in [2.45, 2.75) is 57.5 Å². The topological polar surface area (TPSA) is 15.3 Å². The molecule has 1 aromatic carbocycles. The van der Waals surface area contributed by atoms with E-state index in [9.17, 15) is 0 Å². The van der Waals surface area contributed by atoms with Crippen molar-refractivity contribution in [3.63, 3.8) is 0 Å². The predicted octanol–water partition coefficient (Wildman–Crippen LogP) is 3.91. The van der Waals surface area contributed by atoms with Crippen molar-refractivity contribution in [2.24, 2.45) is 0 Å². The zero-order chi connectivity index (χ0) is 14.4. The fraction of sp³-hybridized carbons (Fsp3) is 0.667. The molecule has 1 saturated carbocycles. The Hall–Kier alpha value is -0.860. The lowest BCUT2D eigenvalue weighted by molar-refractivity contribution is 0.201. The number of hydrogen-bond donors (Lipinski definition) is 1. The Labute approximate surface area is 124 Å². The lowest BCUT2D eigenvalue weighted by atomic mass is 9.99. The highest BCUT2D eigenvalue weighted by Crippen LogP contribution is 2.24. The van der Waals surface area contributed by atoms with Gasteiger partial charge in [0.1, 0.15) is 0 Å². The smallest absolute Gasteiger partial charge is 0.0449 e. The molecule has 0 spiro atoms. The summed E-state index contributed by atoms with van der Waals surface area (Å²) in [6.07, 6.45) is 8.42. The molecule has 112 valence electrons. The van der Waals surface area contributed by atoms with Crippen LogP contribution in [0.5, 0.6) is 0 Å². The molecular weight excluding hydrogens is 244 g/mol. The molecule has 20 heavy (non-hydrogen) atoms. The summed E-state index contributed by atoms with van der Waals surface area (Å²) in [5.41, 5.74) is 2.83. The lowest BCUT2D eigenvalue weighted by Crippen LogP contribution is -2.38. The van der Waals surface area contributed by atoms with Crippen molar-refractivity contribution >= 4 is 0 Å². The van der Waals surface area contributed by atoms with Gasteiger partial charge in [0.05, 0.1) is 0 Å². The van der Waals surface area contributed by atoms with Gasteiger partial charge in [-0.25, -0.2) is 0 Å². The fourth-order valence-electron chi connectivity index (χ4n) is 3.46. The van der Waals surface area contributed by atoms with Gasteiger partial charge in [0.15, 0.2) is 0 Å². The van der Waals surface area contributed by atoms with E-state index in [1.165, 1.54) is 49.7 Å². The Balaban J connectivity index is 2.00. The molecule has 2 rings (SSSR count). The standard InChI is InChI=1S/C18H30N2/c1-15-10-8-9-13-17(15)18(19-2)14-20(3)16-11-6-4-5-7-12-16/h8-10,13,16,18-19H,4-7,11-12,14H2,1-3H3. The third-order valence-electron chi connectivity index (χ3n) is 4.83. The molecule has 1 fully saturated rings. The first-order valence-electron chi connectivity index (χ1n) is 8.15. The van der Waals surface area contributed by atoms with Crippen LogP contribution in [0.15, 0.2) is 24.3 Å². The Morgan fingerprint density at radius 1 is 1.15 bits per heavy atom. The van der Waals surface area contributed by atoms with E-state index in [0.717, 1.165) is 12.6 Å². The van der Waals surface area contributed by atoms with Crippen molar-refractivity contribution in [1.82, 2.24) is 10.2 Å². The van der Waals surface area contributed by atoms with E-state index in [-0.39, 0.29) is 0 Å². The normalized spacial score (nSPS) is 19.0. The molecule has 1 aromatic rings. The molecule has 1 atom stereocenters. The summed E-state index contributed by atoms with van der Waals surface area (Å²) >= 11 is 0. The Morgan fingerprint density at radius 2 is 1.80 bits per heavy atom. The summed E-state index contributed by atoms with van der Waals surface area (Å²) < 4.78 is 0. The maximum Gasteiger partial charge on any atom is 0.0449 e. The molecule has 2 nitrogen and oxygen atoms in total. The van der Waals surface area contributed by atoms with Crippen LogP contribution in [-0.2, 0) is 0 Å². The number of nitrogens with zero attached hydrogens (tertiary/aromatic N) is 1. The highest BCUT2D eigenvalue weighted by atomic mass is 15.1. The van der Waals surface area contributed by atoms with Gasteiger partial charge in [-0.15, -0.1) is 0 Å². The molecule has 0 saturated heterocycles. The minimum absolute atomic E-state index is 0.435. The van der Waals surface area contributed by atoms with Gasteiger partial charge in [-0.1, -0.05) is 49.9 Å². The van der Waals surface area contributed by atoms with Crippen molar-refractivity contribution in [3.05, 3.63) is 35.4 Å². The predicted molar refractivity (Wildman–Crippen MR) is 87.1 cm³/mol. The molecule has 0 bridgehead atoms. The fourth-order valence-corrected chi connectivity index (χ4v) is 3.46. The van der Waals surface area contributed by atoms with E-state index in [1.54, 1.807) is 0 Å². The molecular formula is C18H30N2. The largest absolute Gasteiger partial charge is 0.312 e. The van der Waals surface area contributed by atoms with Crippen LogP contribution in [0.4, 0.5) is 0 Å². The number of likely N-dealkylation sites (N-methyl/N-ethyl adjacent to an activating group) is 2. The van der Waals surface area contributed by atoms with Gasteiger partial charge in [0, 0.05) is 18.6 Å². The number of rotatable bonds is 5. The zero-order valence-corrected chi connectivity index (χ0v) is 13.4. The van der Waals surface area contributed by atoms with Crippen LogP contribution in [0.25, 0.3) is 0 Å². The first-order valence-corrected chi connectivity index (χ1v) is 8.15. The highest BCUT2D eigenvalue weighted by Gasteiger charge is 2.20. The summed E-state index contributed by atoms with van der Waals surface area (Å²) in [6.45, 7) is 3.32. The second kappa shape index (κ2) is 7.80. The summed E-state index contributed by atoms with van der Waals surface area (Å²) in [4.78, 5) is 2.58. The summed E-state index contributed by atoms with van der Waals surface area (Å²) in [6, 6.07) is 9.96. The van der Waals surface area contributed by atoms with Crippen LogP contribution < -0.4 is 5.32 Å². The first kappa shape index (κ1) is 15.5. The molecule has 0 radical (unpaired) electrons. The van der Waals surface area contributed by atoms with Crippen molar-refractivity contribution in [2.75, 3.05) is 20.6 Å². The van der Waals surface area contributed by atoms with Gasteiger partial charge in [-0.05, 0) is 45.0 Å². The molecule has 1 aliphatic rings. The van der Waals surface area contributed by atoms with Crippen LogP contribution in [0.3, 0.4) is 0 Å². The number of hydrogen-bond acceptors (Lipinski definition) is 2. The SMILES string of the molecule is CNC(CN(C)C1CCCCCC1)c1ccccc1C. The molecule has 2 heteroatoms. The van der Waals surface area contributed by atoms with Crippen molar-refractivity contribution in [1.29, 1.82) is 0 Å². The van der Waals surface area contributed by atoms with E-state index < -0.39 is 0 Å². The van der Waals surface area contributed by atoms with Gasteiger partial charge in [-0.3, -0.25) is 0 Å². The molecule has 0 aliphatic heterocycles. The average Bonchev–Trinajstić information content (AvgIpc) is 2.74. The van der Waals surface area contributed by atoms with Crippen molar-refractivity contribution in [3.8, 4) is 0 Å². The first-order chi connectivity index (χ1) is 9.72. The van der Waals surface area contributed by atoms with Gasteiger partial charge in [0.25, 0.3) is 0 Å². The summed E-state index contributed by atoms with van der Waals surface area (Å²) in [5.74, 6) is 0. The quantitative estimate of drug-likeness (QED) is 0.819. The summed E-state index contributed by atoms with van der Waals surface area (Å²) in [7, 11) is 4.39. The Morgan fingerprint density at radius 3 is 2.40 bits per heavy atom. The van der Waals surface area contributed by atoms with Crippen molar-refractivity contribution < 1.29 is 0 Å². The molecule has 0 aromatic heterocycles. The molecule has 1 unspecified atom stereocenters. The van der Waals surface area contributed by atoms with E-state index in [2.05, 4.69) is 55.5 Å². The molecule has 0 heterocycles. The molecule has 1 N–H and O–H groups in total. The molecule has 1 aliphatic carbocycles. The van der Waals surface area contributed by atoms with Gasteiger partial charge < -0.3 is 10.2 Å². The van der Waals surface area contributed by atoms with Gasteiger partial charge in [-0.2, -0.15) is 0 Å². The lowest BCUT2D eigenvalue weighted by Gasteiger charge is -2.31. The second-order valence-electron chi connectivity index (χ2n) is 6.28. The van der Waals surface area contributed by atoms with E-state index in [0.29, 0.717) is 6.04 Å². The van der Waals surface area contributed by atoms with Crippen LogP contribution >= 0.6 is 0 Å². The highest BCUT2D eigenvalue weighted by molar-refractivity contribution is 5.29.